The number of rotatable bonds is 4. The lowest BCUT2D eigenvalue weighted by atomic mass is 9.60. The van der Waals surface area contributed by atoms with Crippen LogP contribution in [0.15, 0.2) is 193 Å². The Kier molecular flexibility index (Phi) is 6.29. The van der Waals surface area contributed by atoms with Crippen LogP contribution in [0.3, 0.4) is 0 Å². The van der Waals surface area contributed by atoms with Crippen molar-refractivity contribution in [2.24, 2.45) is 0 Å². The van der Waals surface area contributed by atoms with E-state index in [4.69, 9.17) is 4.74 Å². The normalized spacial score (nSPS) is 16.8. The first-order valence-electron chi connectivity index (χ1n) is 18.2. The highest BCUT2D eigenvalue weighted by Crippen LogP contribution is 2.61. The minimum absolute atomic E-state index is 0.587. The largest absolute Gasteiger partial charge is 0.459 e. The van der Waals surface area contributed by atoms with Crippen molar-refractivity contribution >= 4 is 38.9 Å². The van der Waals surface area contributed by atoms with Gasteiger partial charge in [-0.05, 0) is 71.1 Å². The first kappa shape index (κ1) is 29.2. The Hall–Kier alpha value is -6.58. The molecule has 1 aromatic heterocycles. The molecule has 246 valence electrons. The van der Waals surface area contributed by atoms with E-state index in [1.54, 1.807) is 0 Å². The summed E-state index contributed by atoms with van der Waals surface area (Å²) >= 11 is 0. The van der Waals surface area contributed by atoms with Crippen LogP contribution in [0, 0.1) is 0 Å². The number of aromatic nitrogens is 1. The maximum Gasteiger partial charge on any atom is 0.155 e. The zero-order valence-corrected chi connectivity index (χ0v) is 28.5. The van der Waals surface area contributed by atoms with Crippen molar-refractivity contribution in [2.45, 2.75) is 18.3 Å². The first-order valence-corrected chi connectivity index (χ1v) is 18.2. The molecule has 0 bridgehead atoms. The fourth-order valence-corrected chi connectivity index (χ4v) is 9.18. The molecule has 3 heterocycles. The van der Waals surface area contributed by atoms with E-state index in [9.17, 15) is 0 Å². The SMILES string of the molecule is C1=CC2=C(CC1)Oc1c(N(c3ccccc3)c3ccc(-c4ccccc4)cc3)cccc1C21c2ccccc2-n2c3ccccc3c3cccc1c32. The molecule has 0 saturated heterocycles. The minimum atomic E-state index is -0.587. The van der Waals surface area contributed by atoms with Gasteiger partial charge in [-0.2, -0.15) is 0 Å². The van der Waals surface area contributed by atoms with Crippen LogP contribution in [0.5, 0.6) is 5.75 Å². The monoisotopic (exact) mass is 666 g/mol. The molecule has 0 saturated carbocycles. The zero-order valence-electron chi connectivity index (χ0n) is 28.5. The molecule has 1 aliphatic carbocycles. The summed E-state index contributed by atoms with van der Waals surface area (Å²) in [5, 5.41) is 2.55. The predicted molar refractivity (Wildman–Crippen MR) is 213 cm³/mol. The first-order chi connectivity index (χ1) is 25.8. The molecule has 1 atom stereocenters. The van der Waals surface area contributed by atoms with Gasteiger partial charge < -0.3 is 14.2 Å². The molecule has 1 spiro atoms. The van der Waals surface area contributed by atoms with Gasteiger partial charge in [0.2, 0.25) is 0 Å². The number of anilines is 3. The minimum Gasteiger partial charge on any atom is -0.459 e. The van der Waals surface area contributed by atoms with Gasteiger partial charge in [-0.3, -0.25) is 0 Å². The Bertz CT molecular complexity index is 2760. The standard InChI is InChI=1S/C49H34N2O/c1-3-15-33(16-4-1)34-29-31-36(32-30-34)50(35-17-5-2-6-18-35)45-27-14-24-42-48(45)52-46-28-12-9-22-40(46)49(42)39-21-8-11-26-44(39)51-43-25-10-7-19-37(43)38-20-13-23-41(49)47(38)51/h1-11,13-27,29-32H,12,28H2. The third-order valence-electron chi connectivity index (χ3n) is 11.3. The van der Waals surface area contributed by atoms with Crippen LogP contribution in [0.1, 0.15) is 29.5 Å². The predicted octanol–water partition coefficient (Wildman–Crippen LogP) is 12.6. The molecule has 0 N–H and O–H groups in total. The number of allylic oxidation sites excluding steroid dienone is 4. The van der Waals surface area contributed by atoms with E-state index in [2.05, 4.69) is 191 Å². The Morgan fingerprint density at radius 2 is 1.19 bits per heavy atom. The third-order valence-corrected chi connectivity index (χ3v) is 11.3. The van der Waals surface area contributed by atoms with Gasteiger partial charge in [0.25, 0.3) is 0 Å². The van der Waals surface area contributed by atoms with Crippen LogP contribution < -0.4 is 9.64 Å². The van der Waals surface area contributed by atoms with Crippen LogP contribution in [-0.2, 0) is 5.41 Å². The zero-order chi connectivity index (χ0) is 34.2. The Balaban J connectivity index is 1.22. The summed E-state index contributed by atoms with van der Waals surface area (Å²) in [6.45, 7) is 0. The van der Waals surface area contributed by atoms with Crippen LogP contribution in [0.4, 0.5) is 17.1 Å². The van der Waals surface area contributed by atoms with Gasteiger partial charge in [0.05, 0.1) is 27.8 Å². The molecular formula is C49H34N2O. The van der Waals surface area contributed by atoms with Gasteiger partial charge in [0.1, 0.15) is 5.76 Å². The van der Waals surface area contributed by atoms with Crippen molar-refractivity contribution in [1.82, 2.24) is 4.57 Å². The number of fused-ring (bicyclic) bond motifs is 10. The molecule has 0 amide bonds. The molecule has 7 aromatic carbocycles. The van der Waals surface area contributed by atoms with Gasteiger partial charge in [-0.25, -0.2) is 0 Å². The van der Waals surface area contributed by atoms with Crippen molar-refractivity contribution in [2.75, 3.05) is 4.90 Å². The Morgan fingerprint density at radius 3 is 2.06 bits per heavy atom. The highest BCUT2D eigenvalue weighted by molar-refractivity contribution is 6.12. The van der Waals surface area contributed by atoms with Gasteiger partial charge in [0, 0.05) is 39.7 Å². The lowest BCUT2D eigenvalue weighted by Gasteiger charge is -2.47. The molecule has 3 nitrogen and oxygen atoms in total. The average Bonchev–Trinajstić information content (AvgIpc) is 3.56. The molecule has 1 unspecified atom stereocenters. The second kappa shape index (κ2) is 11.2. The molecule has 8 aromatic rings. The second-order valence-electron chi connectivity index (χ2n) is 13.9. The molecule has 3 heteroatoms. The van der Waals surface area contributed by atoms with E-state index in [0.717, 1.165) is 47.0 Å². The van der Waals surface area contributed by atoms with E-state index < -0.39 is 5.41 Å². The van der Waals surface area contributed by atoms with Gasteiger partial charge in [0.15, 0.2) is 5.75 Å². The summed E-state index contributed by atoms with van der Waals surface area (Å²) in [6, 6.07) is 61.7. The molecule has 3 aliphatic rings. The number of ether oxygens (including phenoxy) is 1. The fraction of sp³-hybridized carbons (Fsp3) is 0.0612. The van der Waals surface area contributed by atoms with Crippen LogP contribution in [-0.4, -0.2) is 4.57 Å². The lowest BCUT2D eigenvalue weighted by molar-refractivity contribution is 0.363. The van der Waals surface area contributed by atoms with Crippen LogP contribution >= 0.6 is 0 Å². The quantitative estimate of drug-likeness (QED) is 0.186. The number of benzene rings is 7. The molecule has 0 fully saturated rings. The van der Waals surface area contributed by atoms with Crippen LogP contribution in [0.25, 0.3) is 38.6 Å². The summed E-state index contributed by atoms with van der Waals surface area (Å²) in [5.74, 6) is 1.95. The van der Waals surface area contributed by atoms with Crippen LogP contribution in [0.2, 0.25) is 0 Å². The summed E-state index contributed by atoms with van der Waals surface area (Å²) < 4.78 is 9.75. The molecule has 2 aliphatic heterocycles. The van der Waals surface area contributed by atoms with Gasteiger partial charge in [-0.15, -0.1) is 0 Å². The molecule has 52 heavy (non-hydrogen) atoms. The number of hydrogen-bond acceptors (Lipinski definition) is 2. The summed E-state index contributed by atoms with van der Waals surface area (Å²) in [6.07, 6.45) is 6.47. The molecule has 0 radical (unpaired) electrons. The van der Waals surface area contributed by atoms with E-state index in [-0.39, 0.29) is 0 Å². The summed E-state index contributed by atoms with van der Waals surface area (Å²) in [4.78, 5) is 2.36. The van der Waals surface area contributed by atoms with Crippen molar-refractivity contribution in [3.05, 3.63) is 210 Å². The molecule has 11 rings (SSSR count). The maximum atomic E-state index is 7.25. The van der Waals surface area contributed by atoms with Crippen molar-refractivity contribution < 1.29 is 4.74 Å². The second-order valence-corrected chi connectivity index (χ2v) is 13.9. The maximum absolute atomic E-state index is 7.25. The summed E-state index contributed by atoms with van der Waals surface area (Å²) in [5.41, 5.74) is 13.7. The smallest absolute Gasteiger partial charge is 0.155 e. The fourth-order valence-electron chi connectivity index (χ4n) is 9.18. The number of para-hydroxylation sites is 5. The average molecular weight is 667 g/mol. The van der Waals surface area contributed by atoms with Crippen molar-refractivity contribution in [1.29, 1.82) is 0 Å². The van der Waals surface area contributed by atoms with Crippen molar-refractivity contribution in [3.8, 4) is 22.6 Å². The number of hydrogen-bond donors (Lipinski definition) is 0. The third kappa shape index (κ3) is 3.96. The summed E-state index contributed by atoms with van der Waals surface area (Å²) in [7, 11) is 0. The highest BCUT2D eigenvalue weighted by Gasteiger charge is 2.51. The van der Waals surface area contributed by atoms with Crippen molar-refractivity contribution in [3.63, 3.8) is 0 Å². The number of nitrogens with zero attached hydrogens (tertiary/aromatic N) is 2. The Labute approximate surface area is 303 Å². The van der Waals surface area contributed by atoms with Gasteiger partial charge in [-0.1, -0.05) is 140 Å². The van der Waals surface area contributed by atoms with E-state index in [1.165, 1.54) is 55.3 Å². The Morgan fingerprint density at radius 1 is 0.538 bits per heavy atom. The van der Waals surface area contributed by atoms with Gasteiger partial charge >= 0.3 is 0 Å². The lowest BCUT2D eigenvalue weighted by Crippen LogP contribution is -2.40. The van der Waals surface area contributed by atoms with E-state index >= 15 is 0 Å². The highest BCUT2D eigenvalue weighted by atomic mass is 16.5. The topological polar surface area (TPSA) is 17.4 Å². The molecular weight excluding hydrogens is 633 g/mol. The van der Waals surface area contributed by atoms with E-state index in [1.807, 2.05) is 0 Å². The van der Waals surface area contributed by atoms with E-state index in [0.29, 0.717) is 0 Å².